The third-order valence-corrected chi connectivity index (χ3v) is 11.2. The number of unbranched alkanes of at least 4 members (excludes halogenated alkanes) is 19. The van der Waals surface area contributed by atoms with Crippen LogP contribution in [0.4, 0.5) is 0 Å². The summed E-state index contributed by atoms with van der Waals surface area (Å²) in [6.45, 7) is 5.21. The normalized spacial score (nSPS) is 14.3. The lowest BCUT2D eigenvalue weighted by Gasteiger charge is -2.28. The first-order valence-electron chi connectivity index (χ1n) is 24.7. The SMILES string of the molecule is CC/C=C\C/C=C\C/C=C\C/C=C\C/C=C\C/C=C\CCC(=O)OC(COCCCCCCCCCCCCCCCCCCCCCC)COP(=O)([O-])OCC[N+](C)(C)C. The second kappa shape index (κ2) is 44.5. The van der Waals surface area contributed by atoms with Crippen LogP contribution in [0.3, 0.4) is 0 Å². The number of quaternary nitrogens is 1. The molecule has 0 spiro atoms. The average Bonchev–Trinajstić information content (AvgIpc) is 3.22. The first-order chi connectivity index (χ1) is 29.6. The molecule has 9 heteroatoms. The van der Waals surface area contributed by atoms with E-state index in [0.717, 1.165) is 51.4 Å². The molecule has 0 radical (unpaired) electrons. The molecule has 0 aromatic heterocycles. The van der Waals surface area contributed by atoms with Gasteiger partial charge in [-0.1, -0.05) is 209 Å². The quantitative estimate of drug-likeness (QED) is 0.0198. The van der Waals surface area contributed by atoms with Gasteiger partial charge in [-0.3, -0.25) is 9.36 Å². The fraction of sp³-hybridized carbons (Fsp3) is 0.750. The first kappa shape index (κ1) is 58.9. The van der Waals surface area contributed by atoms with Crippen molar-refractivity contribution in [2.45, 2.75) is 200 Å². The van der Waals surface area contributed by atoms with Crippen LogP contribution in [0, 0.1) is 0 Å². The Balaban J connectivity index is 4.27. The number of carbonyl (C=O) groups is 1. The summed E-state index contributed by atoms with van der Waals surface area (Å²) in [5.74, 6) is -0.415. The van der Waals surface area contributed by atoms with Gasteiger partial charge in [0.15, 0.2) is 0 Å². The molecule has 0 aliphatic heterocycles. The molecule has 2 unspecified atom stereocenters. The maximum atomic E-state index is 12.7. The van der Waals surface area contributed by atoms with Crippen LogP contribution in [0.2, 0.25) is 0 Å². The van der Waals surface area contributed by atoms with Gasteiger partial charge < -0.3 is 27.9 Å². The second-order valence-electron chi connectivity index (χ2n) is 17.4. The van der Waals surface area contributed by atoms with E-state index in [-0.39, 0.29) is 26.2 Å². The van der Waals surface area contributed by atoms with Crippen molar-refractivity contribution in [2.75, 3.05) is 54.1 Å². The Morgan fingerprint density at radius 3 is 1.33 bits per heavy atom. The van der Waals surface area contributed by atoms with E-state index in [9.17, 15) is 14.3 Å². The predicted molar refractivity (Wildman–Crippen MR) is 259 cm³/mol. The predicted octanol–water partition coefficient (Wildman–Crippen LogP) is 14.4. The summed E-state index contributed by atoms with van der Waals surface area (Å²) in [6.07, 6.45) is 58.0. The lowest BCUT2D eigenvalue weighted by molar-refractivity contribution is -0.870. The standard InChI is InChI=1S/C52H94NO7P/c1-6-8-10-12-14-16-18-20-22-24-26-28-30-32-34-36-38-40-42-44-47-57-49-51(50-59-61(55,56)58-48-46-53(3,4)5)60-52(54)45-43-41-39-37-35-33-31-29-27-25-23-21-19-17-15-13-11-9-7-2/h9,11,15,17,21,23,27,29,33,35,39,41,51H,6-8,10,12-14,16,18-20,22,24-26,28,30-32,34,36-38,40,42-50H2,1-5H3/b11-9-,17-15-,23-21-,29-27-,35-33-,41-39-. The number of rotatable bonds is 45. The zero-order chi connectivity index (χ0) is 44.8. The third kappa shape index (κ3) is 48.8. The molecule has 61 heavy (non-hydrogen) atoms. The number of nitrogens with zero attached hydrogens (tertiary/aromatic N) is 1. The Bertz CT molecular complexity index is 1200. The highest BCUT2D eigenvalue weighted by Gasteiger charge is 2.20. The highest BCUT2D eigenvalue weighted by Crippen LogP contribution is 2.38. The molecule has 8 nitrogen and oxygen atoms in total. The molecule has 0 aromatic carbocycles. The van der Waals surface area contributed by atoms with Crippen molar-refractivity contribution in [3.05, 3.63) is 72.9 Å². The van der Waals surface area contributed by atoms with Crippen molar-refractivity contribution in [3.8, 4) is 0 Å². The van der Waals surface area contributed by atoms with Crippen LogP contribution in [0.15, 0.2) is 72.9 Å². The van der Waals surface area contributed by atoms with E-state index in [1.165, 1.54) is 116 Å². The van der Waals surface area contributed by atoms with Gasteiger partial charge in [-0.15, -0.1) is 0 Å². The van der Waals surface area contributed by atoms with Gasteiger partial charge >= 0.3 is 5.97 Å². The van der Waals surface area contributed by atoms with E-state index in [4.69, 9.17) is 18.5 Å². The smallest absolute Gasteiger partial charge is 0.306 e. The molecule has 0 amide bonds. The van der Waals surface area contributed by atoms with Gasteiger partial charge in [0.05, 0.1) is 34.4 Å². The van der Waals surface area contributed by atoms with Gasteiger partial charge in [0.25, 0.3) is 7.82 Å². The first-order valence-corrected chi connectivity index (χ1v) is 26.1. The maximum Gasteiger partial charge on any atom is 0.306 e. The fourth-order valence-electron chi connectivity index (χ4n) is 6.51. The Hall–Kier alpha value is -2.06. The number of hydrogen-bond acceptors (Lipinski definition) is 7. The molecule has 0 saturated carbocycles. The molecule has 0 heterocycles. The zero-order valence-corrected chi connectivity index (χ0v) is 41.0. The summed E-state index contributed by atoms with van der Waals surface area (Å²) in [5.41, 5.74) is 0. The van der Waals surface area contributed by atoms with Gasteiger partial charge in [0, 0.05) is 13.0 Å². The summed E-state index contributed by atoms with van der Waals surface area (Å²) < 4.78 is 34.6. The lowest BCUT2D eigenvalue weighted by atomic mass is 10.0. The number of ether oxygens (including phenoxy) is 2. The number of phosphoric acid groups is 1. The molecule has 0 saturated heterocycles. The van der Waals surface area contributed by atoms with Crippen LogP contribution in [0.5, 0.6) is 0 Å². The zero-order valence-electron chi connectivity index (χ0n) is 40.1. The van der Waals surface area contributed by atoms with E-state index in [1.54, 1.807) is 0 Å². The van der Waals surface area contributed by atoms with Crippen LogP contribution in [-0.4, -0.2) is 70.7 Å². The summed E-state index contributed by atoms with van der Waals surface area (Å²) in [7, 11) is 1.31. The number of carbonyl (C=O) groups excluding carboxylic acids is 1. The largest absolute Gasteiger partial charge is 0.756 e. The van der Waals surface area contributed by atoms with E-state index in [1.807, 2.05) is 33.3 Å². The lowest BCUT2D eigenvalue weighted by Crippen LogP contribution is -2.37. The number of phosphoric ester groups is 1. The van der Waals surface area contributed by atoms with Crippen molar-refractivity contribution < 1.29 is 37.3 Å². The molecule has 2 atom stereocenters. The number of esters is 1. The van der Waals surface area contributed by atoms with Crippen LogP contribution >= 0.6 is 7.82 Å². The van der Waals surface area contributed by atoms with Gasteiger partial charge in [-0.2, -0.15) is 0 Å². The third-order valence-electron chi connectivity index (χ3n) is 10.3. The van der Waals surface area contributed by atoms with E-state index >= 15 is 0 Å². The van der Waals surface area contributed by atoms with Crippen molar-refractivity contribution in [3.63, 3.8) is 0 Å². The van der Waals surface area contributed by atoms with E-state index < -0.39 is 19.9 Å². The summed E-state index contributed by atoms with van der Waals surface area (Å²) in [5, 5.41) is 0. The summed E-state index contributed by atoms with van der Waals surface area (Å²) in [4.78, 5) is 25.1. The van der Waals surface area contributed by atoms with Crippen LogP contribution in [-0.2, 0) is 27.9 Å². The van der Waals surface area contributed by atoms with Crippen LogP contribution in [0.25, 0.3) is 0 Å². The average molecular weight is 876 g/mol. The minimum atomic E-state index is -4.55. The van der Waals surface area contributed by atoms with Crippen LogP contribution < -0.4 is 4.89 Å². The van der Waals surface area contributed by atoms with E-state index in [2.05, 4.69) is 74.6 Å². The van der Waals surface area contributed by atoms with Crippen molar-refractivity contribution >= 4 is 13.8 Å². The molecule has 0 rings (SSSR count). The second-order valence-corrected chi connectivity index (χ2v) is 18.9. The Labute approximate surface area is 376 Å². The van der Waals surface area contributed by atoms with Crippen LogP contribution in [0.1, 0.15) is 194 Å². The summed E-state index contributed by atoms with van der Waals surface area (Å²) in [6, 6.07) is 0. The monoisotopic (exact) mass is 876 g/mol. The Morgan fingerprint density at radius 2 is 0.918 bits per heavy atom. The topological polar surface area (TPSA) is 94.1 Å². The Morgan fingerprint density at radius 1 is 0.525 bits per heavy atom. The van der Waals surface area contributed by atoms with Crippen molar-refractivity contribution in [2.24, 2.45) is 0 Å². The Kier molecular flexibility index (Phi) is 43.0. The number of allylic oxidation sites excluding steroid dienone is 12. The highest BCUT2D eigenvalue weighted by atomic mass is 31.2. The number of likely N-dealkylation sites (N-methyl/N-ethyl adjacent to an activating group) is 1. The molecular weight excluding hydrogens is 782 g/mol. The van der Waals surface area contributed by atoms with Crippen molar-refractivity contribution in [1.29, 1.82) is 0 Å². The van der Waals surface area contributed by atoms with Crippen molar-refractivity contribution in [1.82, 2.24) is 0 Å². The molecule has 354 valence electrons. The number of hydrogen-bond donors (Lipinski definition) is 0. The molecule has 0 aliphatic rings. The molecule has 0 bridgehead atoms. The minimum Gasteiger partial charge on any atom is -0.756 e. The van der Waals surface area contributed by atoms with E-state index in [0.29, 0.717) is 24.1 Å². The maximum absolute atomic E-state index is 12.7. The van der Waals surface area contributed by atoms with Gasteiger partial charge in [-0.25, -0.2) is 0 Å². The summed E-state index contributed by atoms with van der Waals surface area (Å²) >= 11 is 0. The van der Waals surface area contributed by atoms with Gasteiger partial charge in [-0.05, 0) is 51.4 Å². The minimum absolute atomic E-state index is 0.0105. The molecule has 0 N–H and O–H groups in total. The molecule has 0 fully saturated rings. The molecular formula is C52H94NO7P. The highest BCUT2D eigenvalue weighted by molar-refractivity contribution is 7.45. The van der Waals surface area contributed by atoms with Gasteiger partial charge in [0.2, 0.25) is 0 Å². The molecule has 0 aromatic rings. The fourth-order valence-corrected chi connectivity index (χ4v) is 7.24. The molecule has 0 aliphatic carbocycles. The van der Waals surface area contributed by atoms with Gasteiger partial charge in [0.1, 0.15) is 19.3 Å².